The molecule has 0 aliphatic heterocycles. The van der Waals surface area contributed by atoms with Crippen molar-refractivity contribution in [2.24, 2.45) is 5.73 Å². The van der Waals surface area contributed by atoms with Gasteiger partial charge in [0.1, 0.15) is 0 Å². The molecule has 5 nitrogen and oxygen atoms in total. The zero-order valence-electron chi connectivity index (χ0n) is 14.4. The Bertz CT molecular complexity index is 726. The summed E-state index contributed by atoms with van der Waals surface area (Å²) in [6.45, 7) is 0.529. The average molecular weight is 340 g/mol. The maximum absolute atomic E-state index is 12.0. The van der Waals surface area contributed by atoms with Gasteiger partial charge in [-0.15, -0.1) is 0 Å². The van der Waals surface area contributed by atoms with E-state index in [1.165, 1.54) is 0 Å². The van der Waals surface area contributed by atoms with Gasteiger partial charge in [-0.3, -0.25) is 9.59 Å². The normalized spacial score (nSPS) is 10.5. The lowest BCUT2D eigenvalue weighted by atomic mass is 9.99. The lowest BCUT2D eigenvalue weighted by Gasteiger charge is -2.16. The summed E-state index contributed by atoms with van der Waals surface area (Å²) in [7, 11) is 1.73. The van der Waals surface area contributed by atoms with E-state index < -0.39 is 0 Å². The molecule has 0 aliphatic carbocycles. The Morgan fingerprint density at radius 2 is 1.80 bits per heavy atom. The molecule has 5 heteroatoms. The summed E-state index contributed by atoms with van der Waals surface area (Å²) < 4.78 is 0. The van der Waals surface area contributed by atoms with E-state index in [1.54, 1.807) is 11.9 Å². The Morgan fingerprint density at radius 3 is 2.44 bits per heavy atom. The molecule has 2 aromatic rings. The van der Waals surface area contributed by atoms with Crippen LogP contribution in [0.2, 0.25) is 0 Å². The summed E-state index contributed by atoms with van der Waals surface area (Å²) >= 11 is 0. The lowest BCUT2D eigenvalue weighted by molar-refractivity contribution is -0.128. The molecule has 0 spiro atoms. The van der Waals surface area contributed by atoms with Gasteiger partial charge in [-0.25, -0.2) is 0 Å². The van der Waals surface area contributed by atoms with Crippen LogP contribution in [0.1, 0.15) is 28.8 Å². The minimum Gasteiger partial charge on any atom is -0.396 e. The maximum atomic E-state index is 12.0. The standard InChI is InChI=1S/C20H24N2O3/c1-22(20(25)13-21)14-15-4-2-5-18(12-15)16-7-9-17(10-8-16)19(24)6-3-11-23/h2,4-5,7-10,12,23H,3,6,11,13-14,21H2,1H3. The van der Waals surface area contributed by atoms with Crippen molar-refractivity contribution in [3.63, 3.8) is 0 Å². The van der Waals surface area contributed by atoms with Gasteiger partial charge in [-0.05, 0) is 29.2 Å². The average Bonchev–Trinajstić information content (AvgIpc) is 2.65. The van der Waals surface area contributed by atoms with Gasteiger partial charge in [0.2, 0.25) is 5.91 Å². The second kappa shape index (κ2) is 9.11. The van der Waals surface area contributed by atoms with Crippen LogP contribution in [0.5, 0.6) is 0 Å². The van der Waals surface area contributed by atoms with E-state index in [-0.39, 0.29) is 24.8 Å². The number of aliphatic hydroxyl groups excluding tert-OH is 1. The van der Waals surface area contributed by atoms with Gasteiger partial charge >= 0.3 is 0 Å². The molecule has 0 saturated carbocycles. The van der Waals surface area contributed by atoms with Crippen LogP contribution in [0.25, 0.3) is 11.1 Å². The van der Waals surface area contributed by atoms with Crippen LogP contribution in [-0.4, -0.2) is 41.9 Å². The van der Waals surface area contributed by atoms with Crippen molar-refractivity contribution < 1.29 is 14.7 Å². The molecule has 3 N–H and O–H groups in total. The van der Waals surface area contributed by atoms with Gasteiger partial charge < -0.3 is 15.7 Å². The lowest BCUT2D eigenvalue weighted by Crippen LogP contribution is -2.32. The number of hydrogen-bond donors (Lipinski definition) is 2. The second-order valence-corrected chi connectivity index (χ2v) is 5.98. The molecule has 132 valence electrons. The number of likely N-dealkylation sites (N-methyl/N-ethyl adjacent to an activating group) is 1. The molecule has 0 saturated heterocycles. The molecule has 0 atom stereocenters. The highest BCUT2D eigenvalue weighted by atomic mass is 16.3. The van der Waals surface area contributed by atoms with E-state index in [4.69, 9.17) is 10.8 Å². The number of aliphatic hydroxyl groups is 1. The Hall–Kier alpha value is -2.50. The summed E-state index contributed by atoms with van der Waals surface area (Å²) in [6.07, 6.45) is 0.838. The summed E-state index contributed by atoms with van der Waals surface area (Å²) in [5.74, 6) is -0.0626. The molecule has 2 rings (SSSR count). The van der Waals surface area contributed by atoms with Crippen molar-refractivity contribution in [2.45, 2.75) is 19.4 Å². The molecule has 0 bridgehead atoms. The molecule has 1 amide bonds. The van der Waals surface area contributed by atoms with Crippen molar-refractivity contribution in [1.29, 1.82) is 0 Å². The highest BCUT2D eigenvalue weighted by Crippen LogP contribution is 2.22. The van der Waals surface area contributed by atoms with Gasteiger partial charge in [0.15, 0.2) is 5.78 Å². The molecule has 0 aliphatic rings. The van der Waals surface area contributed by atoms with Crippen LogP contribution in [0.15, 0.2) is 48.5 Å². The number of ketones is 1. The van der Waals surface area contributed by atoms with Gasteiger partial charge in [0.05, 0.1) is 6.54 Å². The molecule has 0 fully saturated rings. The summed E-state index contributed by atoms with van der Waals surface area (Å²) in [5.41, 5.74) is 9.09. The van der Waals surface area contributed by atoms with E-state index in [0.29, 0.717) is 24.9 Å². The molecule has 0 aromatic heterocycles. The maximum Gasteiger partial charge on any atom is 0.236 e. The highest BCUT2D eigenvalue weighted by Gasteiger charge is 2.09. The number of carbonyl (C=O) groups is 2. The Balaban J connectivity index is 2.12. The Labute approximate surface area is 148 Å². The monoisotopic (exact) mass is 340 g/mol. The second-order valence-electron chi connectivity index (χ2n) is 5.98. The van der Waals surface area contributed by atoms with E-state index in [2.05, 4.69) is 0 Å². The van der Waals surface area contributed by atoms with Crippen LogP contribution >= 0.6 is 0 Å². The van der Waals surface area contributed by atoms with E-state index in [1.807, 2.05) is 48.5 Å². The molecule has 25 heavy (non-hydrogen) atoms. The predicted octanol–water partition coefficient (Wildman–Crippen LogP) is 2.23. The molecule has 0 radical (unpaired) electrons. The first-order valence-electron chi connectivity index (χ1n) is 8.32. The predicted molar refractivity (Wildman–Crippen MR) is 98.1 cm³/mol. The number of rotatable bonds is 8. The third-order valence-corrected chi connectivity index (χ3v) is 4.05. The Morgan fingerprint density at radius 1 is 1.08 bits per heavy atom. The molecule has 0 unspecified atom stereocenters. The largest absolute Gasteiger partial charge is 0.396 e. The number of Topliss-reactive ketones (excluding diaryl/α,β-unsaturated/α-hetero) is 1. The SMILES string of the molecule is CN(Cc1cccc(-c2ccc(C(=O)CCCO)cc2)c1)C(=O)CN. The quantitative estimate of drug-likeness (QED) is 0.722. The molecular weight excluding hydrogens is 316 g/mol. The number of nitrogens with zero attached hydrogens (tertiary/aromatic N) is 1. The molecule has 0 heterocycles. The van der Waals surface area contributed by atoms with Gasteiger partial charge in [0, 0.05) is 32.2 Å². The first kappa shape index (κ1) is 18.8. The van der Waals surface area contributed by atoms with Crippen LogP contribution in [0.3, 0.4) is 0 Å². The smallest absolute Gasteiger partial charge is 0.236 e. The number of benzene rings is 2. The topological polar surface area (TPSA) is 83.6 Å². The first-order chi connectivity index (χ1) is 12.0. The van der Waals surface area contributed by atoms with Crippen molar-refractivity contribution in [2.75, 3.05) is 20.2 Å². The number of nitrogens with two attached hydrogens (primary N) is 1. The minimum absolute atomic E-state index is 0.00195. The summed E-state index contributed by atoms with van der Waals surface area (Å²) in [5, 5.41) is 8.81. The van der Waals surface area contributed by atoms with Crippen LogP contribution in [0.4, 0.5) is 0 Å². The van der Waals surface area contributed by atoms with Crippen molar-refractivity contribution >= 4 is 11.7 Å². The van der Waals surface area contributed by atoms with E-state index >= 15 is 0 Å². The summed E-state index contributed by atoms with van der Waals surface area (Å²) in [6, 6.07) is 15.4. The van der Waals surface area contributed by atoms with Crippen LogP contribution in [0, 0.1) is 0 Å². The zero-order valence-corrected chi connectivity index (χ0v) is 14.4. The molecule has 2 aromatic carbocycles. The van der Waals surface area contributed by atoms with Crippen molar-refractivity contribution in [1.82, 2.24) is 4.90 Å². The van der Waals surface area contributed by atoms with E-state index in [0.717, 1.165) is 16.7 Å². The van der Waals surface area contributed by atoms with Gasteiger partial charge in [-0.1, -0.05) is 42.5 Å². The zero-order chi connectivity index (χ0) is 18.2. The highest BCUT2D eigenvalue weighted by molar-refractivity contribution is 5.96. The van der Waals surface area contributed by atoms with Crippen molar-refractivity contribution in [3.8, 4) is 11.1 Å². The number of carbonyl (C=O) groups excluding carboxylic acids is 2. The minimum atomic E-state index is -0.101. The van der Waals surface area contributed by atoms with Crippen LogP contribution in [-0.2, 0) is 11.3 Å². The fraction of sp³-hybridized carbons (Fsp3) is 0.300. The van der Waals surface area contributed by atoms with Gasteiger partial charge in [0.25, 0.3) is 0 Å². The third kappa shape index (κ3) is 5.24. The fourth-order valence-electron chi connectivity index (χ4n) is 2.60. The van der Waals surface area contributed by atoms with E-state index in [9.17, 15) is 9.59 Å². The van der Waals surface area contributed by atoms with Crippen molar-refractivity contribution in [3.05, 3.63) is 59.7 Å². The number of hydrogen-bond acceptors (Lipinski definition) is 4. The molecular formula is C20H24N2O3. The first-order valence-corrected chi connectivity index (χ1v) is 8.32. The number of amides is 1. The third-order valence-electron chi connectivity index (χ3n) is 4.05. The summed E-state index contributed by atoms with van der Waals surface area (Å²) in [4.78, 5) is 25.2. The fourth-order valence-corrected chi connectivity index (χ4v) is 2.60. The van der Waals surface area contributed by atoms with Crippen LogP contribution < -0.4 is 5.73 Å². The van der Waals surface area contributed by atoms with Gasteiger partial charge in [-0.2, -0.15) is 0 Å². The Kier molecular flexibility index (Phi) is 6.86.